The zero-order valence-corrected chi connectivity index (χ0v) is 12.8. The van der Waals surface area contributed by atoms with Crippen LogP contribution in [0.1, 0.15) is 11.1 Å². The third kappa shape index (κ3) is 3.43. The van der Waals surface area contributed by atoms with E-state index in [9.17, 15) is 4.79 Å². The van der Waals surface area contributed by atoms with Crippen LogP contribution >= 0.6 is 12.6 Å². The van der Waals surface area contributed by atoms with Crippen molar-refractivity contribution in [1.29, 1.82) is 0 Å². The van der Waals surface area contributed by atoms with Gasteiger partial charge in [0.15, 0.2) is 16.8 Å². The Morgan fingerprint density at radius 3 is 2.57 bits per heavy atom. The minimum atomic E-state index is 0.220. The Balaban J connectivity index is 2.37. The van der Waals surface area contributed by atoms with E-state index in [2.05, 4.69) is 27.9 Å². The zero-order chi connectivity index (χ0) is 15.4. The number of hydrogen-bond acceptors (Lipinski definition) is 6. The van der Waals surface area contributed by atoms with Crippen molar-refractivity contribution in [3.05, 3.63) is 35.4 Å². The lowest BCUT2D eigenvalue weighted by atomic mass is 10.1. The minimum Gasteiger partial charge on any atom is -0.382 e. The first kappa shape index (κ1) is 15.1. The number of nitrogens with two attached hydrogens (primary N) is 1. The van der Waals surface area contributed by atoms with E-state index in [4.69, 9.17) is 5.73 Å². The monoisotopic (exact) mass is 303 g/mol. The normalized spacial score (nSPS) is 10.2. The van der Waals surface area contributed by atoms with Crippen molar-refractivity contribution < 1.29 is 4.79 Å². The molecule has 0 saturated carbocycles. The summed E-state index contributed by atoms with van der Waals surface area (Å²) < 4.78 is 0. The van der Waals surface area contributed by atoms with E-state index in [0.717, 1.165) is 17.5 Å². The quantitative estimate of drug-likeness (QED) is 0.446. The molecule has 1 aromatic carbocycles. The van der Waals surface area contributed by atoms with Gasteiger partial charge in [-0.25, -0.2) is 9.97 Å². The van der Waals surface area contributed by atoms with Gasteiger partial charge < -0.3 is 11.1 Å². The van der Waals surface area contributed by atoms with Gasteiger partial charge in [0.25, 0.3) is 0 Å². The van der Waals surface area contributed by atoms with Gasteiger partial charge >= 0.3 is 0 Å². The van der Waals surface area contributed by atoms with Gasteiger partial charge in [0.1, 0.15) is 5.69 Å². The Hall–Kier alpha value is -2.28. The van der Waals surface area contributed by atoms with E-state index < -0.39 is 0 Å². The fourth-order valence-electron chi connectivity index (χ4n) is 1.95. The van der Waals surface area contributed by atoms with Crippen molar-refractivity contribution in [1.82, 2.24) is 9.97 Å². The predicted molar refractivity (Wildman–Crippen MR) is 86.7 cm³/mol. The highest BCUT2D eigenvalue weighted by atomic mass is 32.1. The molecule has 0 fully saturated rings. The highest BCUT2D eigenvalue weighted by Crippen LogP contribution is 2.29. The third-order valence-corrected chi connectivity index (χ3v) is 3.23. The molecule has 110 valence electrons. The van der Waals surface area contributed by atoms with E-state index in [1.807, 2.05) is 31.2 Å². The molecular weight excluding hydrogens is 286 g/mol. The predicted octanol–water partition coefficient (Wildman–Crippen LogP) is 1.86. The van der Waals surface area contributed by atoms with Crippen LogP contribution in [0.3, 0.4) is 0 Å². The first-order chi connectivity index (χ1) is 10.0. The summed E-state index contributed by atoms with van der Waals surface area (Å²) in [6.07, 6.45) is 0.718. The molecule has 7 heteroatoms. The van der Waals surface area contributed by atoms with Gasteiger partial charge in [0.2, 0.25) is 6.41 Å². The molecule has 0 bridgehead atoms. The van der Waals surface area contributed by atoms with Gasteiger partial charge in [0, 0.05) is 7.05 Å². The maximum absolute atomic E-state index is 11.4. The summed E-state index contributed by atoms with van der Waals surface area (Å²) >= 11 is 4.11. The molecule has 2 rings (SSSR count). The van der Waals surface area contributed by atoms with Crippen LogP contribution in [0.5, 0.6) is 0 Å². The van der Waals surface area contributed by atoms with E-state index in [0.29, 0.717) is 18.1 Å². The molecular formula is C14H17N5OS. The van der Waals surface area contributed by atoms with Crippen LogP contribution in [0.15, 0.2) is 29.4 Å². The highest BCUT2D eigenvalue weighted by molar-refractivity contribution is 7.80. The lowest BCUT2D eigenvalue weighted by molar-refractivity contribution is -0.107. The number of nitrogens with zero attached hydrogens (tertiary/aromatic N) is 3. The summed E-state index contributed by atoms with van der Waals surface area (Å²) in [5.74, 6) is 0.661. The number of aryl methyl sites for hydroxylation is 1. The number of hydrogen-bond donors (Lipinski definition) is 3. The standard InChI is InChI=1S/C14H17N5OS/c1-9-3-5-10(6-4-9)7-19(8-20)13-11(16-2)12(15)17-14(21)18-13/h3-6,8,16H,7H2,1-2H3,(H3,15,17,18,21). The molecule has 0 spiro atoms. The molecule has 0 radical (unpaired) electrons. The Morgan fingerprint density at radius 1 is 1.33 bits per heavy atom. The minimum absolute atomic E-state index is 0.220. The van der Waals surface area contributed by atoms with Crippen LogP contribution in [0.25, 0.3) is 0 Å². The first-order valence-corrected chi connectivity index (χ1v) is 6.81. The summed E-state index contributed by atoms with van der Waals surface area (Å²) in [4.78, 5) is 21.1. The number of anilines is 3. The molecule has 1 amide bonds. The lowest BCUT2D eigenvalue weighted by Crippen LogP contribution is -2.23. The number of nitrogens with one attached hydrogen (secondary N) is 1. The SMILES string of the molecule is CNc1c(N)nc(S)nc1N(C=O)Cc1ccc(C)cc1. The van der Waals surface area contributed by atoms with Crippen molar-refractivity contribution >= 4 is 36.4 Å². The van der Waals surface area contributed by atoms with Gasteiger partial charge in [-0.2, -0.15) is 0 Å². The van der Waals surface area contributed by atoms with Crippen molar-refractivity contribution in [2.24, 2.45) is 0 Å². The van der Waals surface area contributed by atoms with Crippen molar-refractivity contribution in [3.63, 3.8) is 0 Å². The highest BCUT2D eigenvalue weighted by Gasteiger charge is 2.16. The average Bonchev–Trinajstić information content (AvgIpc) is 2.46. The summed E-state index contributed by atoms with van der Waals surface area (Å²) in [7, 11) is 1.70. The first-order valence-electron chi connectivity index (χ1n) is 6.37. The second kappa shape index (κ2) is 6.45. The summed E-state index contributed by atoms with van der Waals surface area (Å²) in [5, 5.41) is 3.14. The molecule has 6 nitrogen and oxygen atoms in total. The Morgan fingerprint density at radius 2 is 2.00 bits per heavy atom. The molecule has 0 aliphatic rings. The fraction of sp³-hybridized carbons (Fsp3) is 0.214. The van der Waals surface area contributed by atoms with Crippen LogP contribution in [0, 0.1) is 6.92 Å². The van der Waals surface area contributed by atoms with Crippen molar-refractivity contribution in [2.45, 2.75) is 18.6 Å². The molecule has 0 aliphatic carbocycles. The van der Waals surface area contributed by atoms with Crippen molar-refractivity contribution in [3.8, 4) is 0 Å². The largest absolute Gasteiger partial charge is 0.382 e. The van der Waals surface area contributed by atoms with Gasteiger partial charge in [-0.15, -0.1) is 12.6 Å². The van der Waals surface area contributed by atoms with Gasteiger partial charge in [-0.1, -0.05) is 29.8 Å². The van der Waals surface area contributed by atoms with Crippen LogP contribution in [0.4, 0.5) is 17.3 Å². The third-order valence-electron chi connectivity index (χ3n) is 3.03. The average molecular weight is 303 g/mol. The molecule has 0 saturated heterocycles. The number of nitrogen functional groups attached to an aromatic ring is 1. The number of thiol groups is 1. The number of rotatable bonds is 5. The number of amides is 1. The van der Waals surface area contributed by atoms with Crippen LogP contribution in [0.2, 0.25) is 0 Å². The maximum atomic E-state index is 11.4. The number of aromatic nitrogens is 2. The van der Waals surface area contributed by atoms with E-state index in [-0.39, 0.29) is 11.0 Å². The zero-order valence-electron chi connectivity index (χ0n) is 11.9. The molecule has 21 heavy (non-hydrogen) atoms. The van der Waals surface area contributed by atoms with Crippen LogP contribution in [-0.2, 0) is 11.3 Å². The molecule has 3 N–H and O–H groups in total. The number of carbonyl (C=O) groups excluding carboxylic acids is 1. The van der Waals surface area contributed by atoms with Gasteiger partial charge in [-0.05, 0) is 12.5 Å². The summed E-state index contributed by atoms with van der Waals surface area (Å²) in [6, 6.07) is 7.93. The lowest BCUT2D eigenvalue weighted by Gasteiger charge is -2.20. The number of benzene rings is 1. The summed E-state index contributed by atoms with van der Waals surface area (Å²) in [5.41, 5.74) is 8.50. The molecule has 0 unspecified atom stereocenters. The van der Waals surface area contributed by atoms with Crippen LogP contribution in [-0.4, -0.2) is 23.4 Å². The van der Waals surface area contributed by atoms with Gasteiger partial charge in [0.05, 0.1) is 6.54 Å². The Kier molecular flexibility index (Phi) is 4.64. The Bertz CT molecular complexity index is 645. The molecule has 0 aliphatic heterocycles. The van der Waals surface area contributed by atoms with Gasteiger partial charge in [-0.3, -0.25) is 9.69 Å². The van der Waals surface area contributed by atoms with Crippen molar-refractivity contribution in [2.75, 3.05) is 23.0 Å². The second-order valence-corrected chi connectivity index (χ2v) is 4.98. The smallest absolute Gasteiger partial charge is 0.215 e. The second-order valence-electron chi connectivity index (χ2n) is 4.58. The summed E-state index contributed by atoms with van der Waals surface area (Å²) in [6.45, 7) is 2.40. The molecule has 0 atom stereocenters. The molecule has 2 aromatic rings. The topological polar surface area (TPSA) is 84.1 Å². The maximum Gasteiger partial charge on any atom is 0.215 e. The Labute approximate surface area is 128 Å². The van der Waals surface area contributed by atoms with E-state index in [1.54, 1.807) is 7.05 Å². The van der Waals surface area contributed by atoms with Crippen LogP contribution < -0.4 is 16.0 Å². The molecule has 1 heterocycles. The fourth-order valence-corrected chi connectivity index (χ4v) is 2.16. The van der Waals surface area contributed by atoms with E-state index in [1.165, 1.54) is 4.90 Å². The van der Waals surface area contributed by atoms with E-state index >= 15 is 0 Å². The number of carbonyl (C=O) groups is 1. The molecule has 1 aromatic heterocycles.